The van der Waals surface area contributed by atoms with Crippen LogP contribution in [0.1, 0.15) is 31.0 Å². The fourth-order valence-electron chi connectivity index (χ4n) is 2.87. The lowest BCUT2D eigenvalue weighted by atomic mass is 10.0. The van der Waals surface area contributed by atoms with Crippen LogP contribution in [0.15, 0.2) is 49.3 Å². The lowest BCUT2D eigenvalue weighted by Gasteiger charge is -2.09. The summed E-state index contributed by atoms with van der Waals surface area (Å²) in [5, 5.41) is 8.90. The van der Waals surface area contributed by atoms with Crippen LogP contribution in [0.3, 0.4) is 0 Å². The van der Waals surface area contributed by atoms with E-state index in [0.29, 0.717) is 5.92 Å². The molecular weight excluding hydrogens is 300 g/mol. The van der Waals surface area contributed by atoms with Gasteiger partial charge in [0.2, 0.25) is 0 Å². The maximum atomic E-state index is 4.77. The van der Waals surface area contributed by atoms with Gasteiger partial charge in [0.25, 0.3) is 0 Å². The highest BCUT2D eigenvalue weighted by Gasteiger charge is 2.14. The molecule has 0 amide bonds. The van der Waals surface area contributed by atoms with Crippen molar-refractivity contribution in [2.24, 2.45) is 0 Å². The Hall–Kier alpha value is -3.02. The van der Waals surface area contributed by atoms with Gasteiger partial charge in [-0.15, -0.1) is 0 Å². The highest BCUT2D eigenvalue weighted by molar-refractivity contribution is 5.76. The van der Waals surface area contributed by atoms with Crippen LogP contribution in [-0.2, 0) is 0 Å². The van der Waals surface area contributed by atoms with E-state index in [1.54, 1.807) is 17.1 Å². The van der Waals surface area contributed by atoms with Crippen molar-refractivity contribution in [1.29, 1.82) is 0 Å². The minimum Gasteiger partial charge on any atom is -0.262 e. The molecule has 0 fully saturated rings. The third-order valence-electron chi connectivity index (χ3n) is 4.15. The summed E-state index contributed by atoms with van der Waals surface area (Å²) in [7, 11) is 0. The molecule has 0 radical (unpaired) electrons. The van der Waals surface area contributed by atoms with E-state index < -0.39 is 0 Å². The Labute approximate surface area is 139 Å². The molecule has 4 rings (SSSR count). The molecule has 6 heteroatoms. The number of hydrogen-bond acceptors (Lipinski definition) is 4. The molecule has 0 unspecified atom stereocenters. The van der Waals surface area contributed by atoms with E-state index in [9.17, 15) is 0 Å². The second kappa shape index (κ2) is 5.56. The number of fused-ring (bicyclic) bond motifs is 1. The van der Waals surface area contributed by atoms with Gasteiger partial charge in [0.1, 0.15) is 0 Å². The first-order chi connectivity index (χ1) is 11.6. The quantitative estimate of drug-likeness (QED) is 0.581. The number of aromatic nitrogens is 6. The summed E-state index contributed by atoms with van der Waals surface area (Å²) in [5.74, 6) is 0.419. The fourth-order valence-corrected chi connectivity index (χ4v) is 2.87. The molecule has 0 aliphatic carbocycles. The molecule has 24 heavy (non-hydrogen) atoms. The molecule has 0 N–H and O–H groups in total. The Morgan fingerprint density at radius 3 is 2.67 bits per heavy atom. The van der Waals surface area contributed by atoms with Crippen molar-refractivity contribution < 1.29 is 0 Å². The van der Waals surface area contributed by atoms with E-state index in [-0.39, 0.29) is 0 Å². The Bertz CT molecular complexity index is 997. The number of hydrogen-bond donors (Lipinski definition) is 0. The first-order valence-corrected chi connectivity index (χ1v) is 7.94. The molecule has 4 aromatic heterocycles. The van der Waals surface area contributed by atoms with Crippen LogP contribution in [-0.4, -0.2) is 29.4 Å². The molecule has 0 saturated carbocycles. The van der Waals surface area contributed by atoms with E-state index in [1.807, 2.05) is 42.2 Å². The summed E-state index contributed by atoms with van der Waals surface area (Å²) < 4.78 is 3.65. The maximum absolute atomic E-state index is 4.77. The summed E-state index contributed by atoms with van der Waals surface area (Å²) in [6.07, 6.45) is 11.2. The fraction of sp³-hybridized carbons (Fsp3) is 0.222. The molecule has 6 nitrogen and oxygen atoms in total. The molecule has 0 bridgehead atoms. The monoisotopic (exact) mass is 318 g/mol. The highest BCUT2D eigenvalue weighted by Crippen LogP contribution is 2.26. The number of pyridine rings is 1. The lowest BCUT2D eigenvalue weighted by molar-refractivity contribution is 0.806. The minimum atomic E-state index is 0.419. The SMILES string of the molecule is Cc1nc2c(-c3cnn(-c4cccnc4)c3)cnn2cc1C(C)C. The second-order valence-electron chi connectivity index (χ2n) is 6.15. The van der Waals surface area contributed by atoms with Crippen LogP contribution in [0.2, 0.25) is 0 Å². The van der Waals surface area contributed by atoms with Crippen molar-refractivity contribution in [2.75, 3.05) is 0 Å². The van der Waals surface area contributed by atoms with Gasteiger partial charge < -0.3 is 0 Å². The highest BCUT2D eigenvalue weighted by atomic mass is 15.3. The van der Waals surface area contributed by atoms with Gasteiger partial charge in [0, 0.05) is 35.4 Å². The third-order valence-corrected chi connectivity index (χ3v) is 4.15. The van der Waals surface area contributed by atoms with Gasteiger partial charge in [-0.25, -0.2) is 14.2 Å². The van der Waals surface area contributed by atoms with Crippen molar-refractivity contribution in [1.82, 2.24) is 29.4 Å². The molecule has 0 spiro atoms. The van der Waals surface area contributed by atoms with E-state index in [4.69, 9.17) is 4.98 Å². The van der Waals surface area contributed by atoms with Crippen molar-refractivity contribution in [2.45, 2.75) is 26.7 Å². The Kier molecular flexibility index (Phi) is 3.37. The molecule has 0 atom stereocenters. The van der Waals surface area contributed by atoms with Crippen LogP contribution < -0.4 is 0 Å². The van der Waals surface area contributed by atoms with Crippen LogP contribution in [0, 0.1) is 6.92 Å². The molecule has 0 aromatic carbocycles. The number of rotatable bonds is 3. The predicted molar refractivity (Wildman–Crippen MR) is 92.2 cm³/mol. The van der Waals surface area contributed by atoms with Crippen molar-refractivity contribution in [3.8, 4) is 16.8 Å². The van der Waals surface area contributed by atoms with Gasteiger partial charge in [-0.3, -0.25) is 4.98 Å². The summed E-state index contributed by atoms with van der Waals surface area (Å²) in [4.78, 5) is 8.90. The van der Waals surface area contributed by atoms with E-state index in [0.717, 1.165) is 28.2 Å². The molecule has 0 aliphatic heterocycles. The maximum Gasteiger partial charge on any atom is 0.163 e. The number of nitrogens with zero attached hydrogens (tertiary/aromatic N) is 6. The van der Waals surface area contributed by atoms with E-state index in [1.165, 1.54) is 5.56 Å². The zero-order chi connectivity index (χ0) is 16.7. The average molecular weight is 318 g/mol. The van der Waals surface area contributed by atoms with Crippen molar-refractivity contribution in [3.05, 3.63) is 60.6 Å². The summed E-state index contributed by atoms with van der Waals surface area (Å²) >= 11 is 0. The first kappa shape index (κ1) is 14.6. The topological polar surface area (TPSA) is 60.9 Å². The number of aryl methyl sites for hydroxylation is 1. The normalized spacial score (nSPS) is 11.5. The largest absolute Gasteiger partial charge is 0.262 e. The minimum absolute atomic E-state index is 0.419. The Balaban J connectivity index is 1.80. The van der Waals surface area contributed by atoms with Crippen LogP contribution in [0.4, 0.5) is 0 Å². The summed E-state index contributed by atoms with van der Waals surface area (Å²) in [6.45, 7) is 6.38. The summed E-state index contributed by atoms with van der Waals surface area (Å²) in [6, 6.07) is 3.86. The Morgan fingerprint density at radius 1 is 1.04 bits per heavy atom. The van der Waals surface area contributed by atoms with Gasteiger partial charge >= 0.3 is 0 Å². The molecule has 0 aliphatic rings. The van der Waals surface area contributed by atoms with Gasteiger partial charge in [-0.1, -0.05) is 13.8 Å². The predicted octanol–water partition coefficient (Wildman–Crippen LogP) is 3.41. The van der Waals surface area contributed by atoms with Crippen LogP contribution in [0.25, 0.3) is 22.5 Å². The standard InChI is InChI=1S/C18H18N6/c1-12(2)17-11-24-18(22-13(17)3)16(9-21-24)14-7-20-23(10-14)15-5-4-6-19-8-15/h4-12H,1-3H3. The van der Waals surface area contributed by atoms with Crippen LogP contribution >= 0.6 is 0 Å². The summed E-state index contributed by atoms with van der Waals surface area (Å²) in [5.41, 5.74) is 5.98. The van der Waals surface area contributed by atoms with E-state index >= 15 is 0 Å². The van der Waals surface area contributed by atoms with Crippen LogP contribution in [0.5, 0.6) is 0 Å². The lowest BCUT2D eigenvalue weighted by Crippen LogP contribution is -2.01. The average Bonchev–Trinajstić information content (AvgIpc) is 3.21. The Morgan fingerprint density at radius 2 is 1.92 bits per heavy atom. The third kappa shape index (κ3) is 2.36. The van der Waals surface area contributed by atoms with Crippen molar-refractivity contribution in [3.63, 3.8) is 0 Å². The van der Waals surface area contributed by atoms with Gasteiger partial charge in [0.05, 0.1) is 24.3 Å². The zero-order valence-electron chi connectivity index (χ0n) is 13.9. The molecule has 0 saturated heterocycles. The molecular formula is C18H18N6. The smallest absolute Gasteiger partial charge is 0.163 e. The van der Waals surface area contributed by atoms with Crippen molar-refractivity contribution >= 4 is 5.65 Å². The van der Waals surface area contributed by atoms with E-state index in [2.05, 4.69) is 35.2 Å². The zero-order valence-corrected chi connectivity index (χ0v) is 13.9. The first-order valence-electron chi connectivity index (χ1n) is 7.94. The second-order valence-corrected chi connectivity index (χ2v) is 6.15. The molecule has 4 aromatic rings. The van der Waals surface area contributed by atoms with Gasteiger partial charge in [-0.05, 0) is 30.5 Å². The molecule has 120 valence electrons. The van der Waals surface area contributed by atoms with Gasteiger partial charge in [0.15, 0.2) is 5.65 Å². The van der Waals surface area contributed by atoms with Gasteiger partial charge in [-0.2, -0.15) is 10.2 Å². The molecule has 4 heterocycles.